The second-order valence-electron chi connectivity index (χ2n) is 8.00. The number of nitrogens with zero attached hydrogens (tertiary/aromatic N) is 2. The average Bonchev–Trinajstić information content (AvgIpc) is 3.64. The fraction of sp³-hybridized carbons (Fsp3) is 0.320. The summed E-state index contributed by atoms with van der Waals surface area (Å²) in [5.41, 5.74) is 4.07. The number of nitriles is 1. The number of furan rings is 2. The van der Waals surface area contributed by atoms with Crippen LogP contribution in [-0.4, -0.2) is 35.9 Å². The van der Waals surface area contributed by atoms with Gasteiger partial charge in [-0.3, -0.25) is 4.79 Å². The van der Waals surface area contributed by atoms with E-state index in [-0.39, 0.29) is 17.8 Å². The van der Waals surface area contributed by atoms with Gasteiger partial charge in [0.1, 0.15) is 22.6 Å². The molecule has 0 bridgehead atoms. The zero-order valence-electron chi connectivity index (χ0n) is 18.0. The van der Waals surface area contributed by atoms with Gasteiger partial charge in [-0.05, 0) is 67.2 Å². The maximum Gasteiger partial charge on any atom is 0.230 e. The van der Waals surface area contributed by atoms with Gasteiger partial charge in [-0.15, -0.1) is 0 Å². The summed E-state index contributed by atoms with van der Waals surface area (Å²) in [7, 11) is 0. The molecule has 4 heterocycles. The van der Waals surface area contributed by atoms with Crippen molar-refractivity contribution in [1.82, 2.24) is 10.3 Å². The Morgan fingerprint density at radius 1 is 1.27 bits per heavy atom. The smallest absolute Gasteiger partial charge is 0.230 e. The topological polar surface area (TPSA) is 101 Å². The predicted molar refractivity (Wildman–Crippen MR) is 124 cm³/mol. The number of thioether (sulfide) groups is 1. The van der Waals surface area contributed by atoms with Gasteiger partial charge in [-0.2, -0.15) is 5.26 Å². The lowest BCUT2D eigenvalue weighted by molar-refractivity contribution is -0.119. The minimum absolute atomic E-state index is 0.0894. The Hall–Kier alpha value is -3.28. The molecule has 1 N–H and O–H groups in total. The number of amides is 1. The van der Waals surface area contributed by atoms with E-state index in [9.17, 15) is 10.1 Å². The van der Waals surface area contributed by atoms with Crippen molar-refractivity contribution < 1.29 is 18.4 Å². The minimum Gasteiger partial charge on any atom is -0.465 e. The van der Waals surface area contributed by atoms with Crippen molar-refractivity contribution in [3.63, 3.8) is 0 Å². The standard InChI is InChI=1S/C25H23N3O4S/c26-13-20-23(21-6-3-11-32-21)19-8-7-16(12-17-4-1-9-30-17)24(19)28-25(20)33-15-22(29)27-14-18-5-2-10-31-18/h1,3-4,6,9,11-12,18H,2,5,7-8,10,14-15H2,(H,27,29)/b16-12-. The molecular weight excluding hydrogens is 438 g/mol. The summed E-state index contributed by atoms with van der Waals surface area (Å²) < 4.78 is 16.7. The van der Waals surface area contributed by atoms with Crippen LogP contribution in [0.25, 0.3) is 23.0 Å². The van der Waals surface area contributed by atoms with Gasteiger partial charge in [0.25, 0.3) is 0 Å². The Labute approximate surface area is 195 Å². The Morgan fingerprint density at radius 2 is 2.15 bits per heavy atom. The summed E-state index contributed by atoms with van der Waals surface area (Å²) in [5, 5.41) is 13.5. The van der Waals surface area contributed by atoms with Gasteiger partial charge in [0, 0.05) is 18.7 Å². The van der Waals surface area contributed by atoms with Crippen molar-refractivity contribution in [1.29, 1.82) is 5.26 Å². The fourth-order valence-corrected chi connectivity index (χ4v) is 5.11. The van der Waals surface area contributed by atoms with Crippen LogP contribution in [0.3, 0.4) is 0 Å². The number of rotatable bonds is 7. The molecular formula is C25H23N3O4S. The zero-order valence-corrected chi connectivity index (χ0v) is 18.8. The van der Waals surface area contributed by atoms with Crippen molar-refractivity contribution in [2.75, 3.05) is 18.9 Å². The summed E-state index contributed by atoms with van der Waals surface area (Å²) in [4.78, 5) is 17.3. The van der Waals surface area contributed by atoms with Crippen LogP contribution in [0.5, 0.6) is 0 Å². The molecule has 8 heteroatoms. The summed E-state index contributed by atoms with van der Waals surface area (Å²) in [6.45, 7) is 1.26. The minimum atomic E-state index is -0.104. The Bertz CT molecular complexity index is 1200. The van der Waals surface area contributed by atoms with Crippen molar-refractivity contribution in [2.45, 2.75) is 36.8 Å². The first kappa shape index (κ1) is 21.6. The number of aromatic nitrogens is 1. The average molecular weight is 462 g/mol. The van der Waals surface area contributed by atoms with E-state index in [1.807, 2.05) is 30.3 Å². The highest BCUT2D eigenvalue weighted by Crippen LogP contribution is 2.43. The number of carbonyl (C=O) groups is 1. The predicted octanol–water partition coefficient (Wildman–Crippen LogP) is 4.68. The molecule has 1 amide bonds. The third kappa shape index (κ3) is 4.61. The summed E-state index contributed by atoms with van der Waals surface area (Å²) in [6, 6.07) is 9.72. The van der Waals surface area contributed by atoms with Crippen LogP contribution >= 0.6 is 11.8 Å². The zero-order chi connectivity index (χ0) is 22.6. The Morgan fingerprint density at radius 3 is 2.88 bits per heavy atom. The third-order valence-corrected chi connectivity index (χ3v) is 6.82. The lowest BCUT2D eigenvalue weighted by Gasteiger charge is -2.14. The fourth-order valence-electron chi connectivity index (χ4n) is 4.29. The molecule has 1 aliphatic carbocycles. The van der Waals surface area contributed by atoms with E-state index in [1.54, 1.807) is 12.5 Å². The van der Waals surface area contributed by atoms with Gasteiger partial charge in [0.2, 0.25) is 5.91 Å². The Balaban J connectivity index is 1.45. The van der Waals surface area contributed by atoms with Gasteiger partial charge in [0.15, 0.2) is 0 Å². The number of hydrogen-bond donors (Lipinski definition) is 1. The second-order valence-corrected chi connectivity index (χ2v) is 8.96. The van der Waals surface area contributed by atoms with Crippen LogP contribution < -0.4 is 5.32 Å². The first-order chi connectivity index (χ1) is 16.2. The highest BCUT2D eigenvalue weighted by Gasteiger charge is 2.29. The van der Waals surface area contributed by atoms with Gasteiger partial charge in [-0.25, -0.2) is 4.98 Å². The van der Waals surface area contributed by atoms with E-state index in [0.717, 1.165) is 60.4 Å². The molecule has 3 aromatic heterocycles. The van der Waals surface area contributed by atoms with Gasteiger partial charge in [-0.1, -0.05) is 11.8 Å². The monoisotopic (exact) mass is 461 g/mol. The van der Waals surface area contributed by atoms with Crippen LogP contribution in [0.2, 0.25) is 0 Å². The number of nitrogens with one attached hydrogen (secondary N) is 1. The second kappa shape index (κ2) is 9.69. The summed E-state index contributed by atoms with van der Waals surface area (Å²) in [6.07, 6.45) is 8.86. The quantitative estimate of drug-likeness (QED) is 0.510. The number of carbonyl (C=O) groups excluding carboxylic acids is 1. The van der Waals surface area contributed by atoms with Crippen molar-refractivity contribution >= 4 is 29.3 Å². The van der Waals surface area contributed by atoms with Gasteiger partial charge < -0.3 is 18.9 Å². The summed E-state index contributed by atoms with van der Waals surface area (Å²) in [5.74, 6) is 1.45. The largest absolute Gasteiger partial charge is 0.465 e. The number of allylic oxidation sites excluding steroid dienone is 1. The van der Waals surface area contributed by atoms with E-state index < -0.39 is 0 Å². The van der Waals surface area contributed by atoms with E-state index >= 15 is 0 Å². The Kier molecular flexibility index (Phi) is 6.33. The molecule has 1 aliphatic heterocycles. The van der Waals surface area contributed by atoms with E-state index in [2.05, 4.69) is 11.4 Å². The molecule has 1 fully saturated rings. The van der Waals surface area contributed by atoms with Crippen LogP contribution in [-0.2, 0) is 16.0 Å². The van der Waals surface area contributed by atoms with Crippen LogP contribution in [0.4, 0.5) is 0 Å². The van der Waals surface area contributed by atoms with Crippen LogP contribution in [0.15, 0.2) is 50.7 Å². The lowest BCUT2D eigenvalue weighted by atomic mass is 10.00. The summed E-state index contributed by atoms with van der Waals surface area (Å²) >= 11 is 1.27. The number of ether oxygens (including phenoxy) is 1. The molecule has 3 aromatic rings. The third-order valence-electron chi connectivity index (χ3n) is 5.84. The van der Waals surface area contributed by atoms with Crippen molar-refractivity contribution in [3.05, 3.63) is 59.4 Å². The van der Waals surface area contributed by atoms with Crippen LogP contribution in [0, 0.1) is 11.3 Å². The van der Waals surface area contributed by atoms with Gasteiger partial charge >= 0.3 is 0 Å². The highest BCUT2D eigenvalue weighted by molar-refractivity contribution is 8.00. The van der Waals surface area contributed by atoms with Crippen molar-refractivity contribution in [3.8, 4) is 17.4 Å². The number of fused-ring (bicyclic) bond motifs is 1. The lowest BCUT2D eigenvalue weighted by Crippen LogP contribution is -2.32. The first-order valence-electron chi connectivity index (χ1n) is 11.0. The van der Waals surface area contributed by atoms with Crippen LogP contribution in [0.1, 0.15) is 41.8 Å². The van der Waals surface area contributed by atoms with E-state index in [1.165, 1.54) is 11.8 Å². The molecule has 5 rings (SSSR count). The van der Waals surface area contributed by atoms with Gasteiger partial charge in [0.05, 0.1) is 35.6 Å². The molecule has 1 saturated heterocycles. The number of hydrogen-bond acceptors (Lipinski definition) is 7. The maximum absolute atomic E-state index is 12.5. The van der Waals surface area contributed by atoms with E-state index in [4.69, 9.17) is 18.6 Å². The first-order valence-corrected chi connectivity index (χ1v) is 12.0. The van der Waals surface area contributed by atoms with Crippen molar-refractivity contribution in [2.24, 2.45) is 0 Å². The molecule has 0 aromatic carbocycles. The molecule has 1 atom stereocenters. The molecule has 1 unspecified atom stereocenters. The molecule has 0 saturated carbocycles. The molecule has 0 spiro atoms. The number of pyridine rings is 1. The van der Waals surface area contributed by atoms with E-state index in [0.29, 0.717) is 22.9 Å². The normalized spacial score (nSPS) is 18.4. The molecule has 2 aliphatic rings. The molecule has 7 nitrogen and oxygen atoms in total. The molecule has 168 valence electrons. The SMILES string of the molecule is N#Cc1c(SCC(=O)NCC2CCCO2)nc2c(c1-c1ccco1)CC/C2=C/c1ccco1. The molecule has 33 heavy (non-hydrogen) atoms. The molecule has 0 radical (unpaired) electrons. The maximum atomic E-state index is 12.5. The highest BCUT2D eigenvalue weighted by atomic mass is 32.2.